The second kappa shape index (κ2) is 5.74. The van der Waals surface area contributed by atoms with Gasteiger partial charge in [0.15, 0.2) is 0 Å². The molecule has 0 radical (unpaired) electrons. The van der Waals surface area contributed by atoms with Gasteiger partial charge in [0, 0.05) is 24.2 Å². The lowest BCUT2D eigenvalue weighted by Crippen LogP contribution is -2.52. The predicted molar refractivity (Wildman–Crippen MR) is 72.7 cm³/mol. The number of carbonyl (C=O) groups is 1. The minimum absolute atomic E-state index is 0.0221. The largest absolute Gasteiger partial charge is 0.361 e. The fourth-order valence-corrected chi connectivity index (χ4v) is 2.82. The molecule has 1 amide bonds. The summed E-state index contributed by atoms with van der Waals surface area (Å²) in [6.45, 7) is 6.51. The maximum absolute atomic E-state index is 12.5. The van der Waals surface area contributed by atoms with Gasteiger partial charge in [0.1, 0.15) is 5.76 Å². The van der Waals surface area contributed by atoms with Gasteiger partial charge >= 0.3 is 0 Å². The number of piperidine rings is 1. The Morgan fingerprint density at radius 1 is 1.53 bits per heavy atom. The maximum Gasteiger partial charge on any atom is 0.227 e. The van der Waals surface area contributed by atoms with E-state index in [4.69, 9.17) is 10.3 Å². The van der Waals surface area contributed by atoms with Crippen LogP contribution in [0.3, 0.4) is 0 Å². The molecule has 1 aliphatic rings. The van der Waals surface area contributed by atoms with Crippen LogP contribution in [-0.4, -0.2) is 34.6 Å². The Kier molecular flexibility index (Phi) is 4.24. The van der Waals surface area contributed by atoms with E-state index in [0.717, 1.165) is 42.8 Å². The minimum Gasteiger partial charge on any atom is -0.361 e. The van der Waals surface area contributed by atoms with E-state index < -0.39 is 0 Å². The molecule has 0 aliphatic carbocycles. The summed E-state index contributed by atoms with van der Waals surface area (Å²) in [5.74, 6) is 0.872. The SMILES string of the molecule is Cc1noc(C)c1CC(=O)N1CCCCC1C(C)N. The van der Waals surface area contributed by atoms with E-state index in [1.807, 2.05) is 25.7 Å². The van der Waals surface area contributed by atoms with Crippen molar-refractivity contribution in [3.05, 3.63) is 17.0 Å². The Morgan fingerprint density at radius 3 is 2.84 bits per heavy atom. The monoisotopic (exact) mass is 265 g/mol. The first-order valence-corrected chi connectivity index (χ1v) is 6.97. The van der Waals surface area contributed by atoms with E-state index in [1.165, 1.54) is 0 Å². The summed E-state index contributed by atoms with van der Waals surface area (Å²) in [6, 6.07) is 0.190. The molecule has 19 heavy (non-hydrogen) atoms. The minimum atomic E-state index is 0.0221. The Bertz CT molecular complexity index is 434. The third-order valence-electron chi connectivity index (χ3n) is 3.99. The van der Waals surface area contributed by atoms with Crippen molar-refractivity contribution in [2.75, 3.05) is 6.54 Å². The molecule has 1 saturated heterocycles. The molecule has 1 fully saturated rings. The average molecular weight is 265 g/mol. The van der Waals surface area contributed by atoms with Crippen LogP contribution in [0.25, 0.3) is 0 Å². The number of nitrogens with zero attached hydrogens (tertiary/aromatic N) is 2. The van der Waals surface area contributed by atoms with Crippen molar-refractivity contribution in [1.82, 2.24) is 10.1 Å². The highest BCUT2D eigenvalue weighted by molar-refractivity contribution is 5.79. The second-order valence-electron chi connectivity index (χ2n) is 5.49. The van der Waals surface area contributed by atoms with Crippen molar-refractivity contribution in [3.8, 4) is 0 Å². The van der Waals surface area contributed by atoms with Gasteiger partial charge in [0.25, 0.3) is 0 Å². The molecule has 0 bridgehead atoms. The Morgan fingerprint density at radius 2 is 2.26 bits per heavy atom. The zero-order chi connectivity index (χ0) is 14.0. The lowest BCUT2D eigenvalue weighted by atomic mass is 9.96. The average Bonchev–Trinajstić information content (AvgIpc) is 2.70. The van der Waals surface area contributed by atoms with Gasteiger partial charge in [-0.3, -0.25) is 4.79 Å². The zero-order valence-corrected chi connectivity index (χ0v) is 12.0. The van der Waals surface area contributed by atoms with E-state index in [-0.39, 0.29) is 18.0 Å². The summed E-state index contributed by atoms with van der Waals surface area (Å²) in [5, 5.41) is 3.90. The standard InChI is InChI=1S/C14H23N3O2/c1-9(15)13-6-4-5-7-17(13)14(18)8-12-10(2)16-19-11(12)3/h9,13H,4-8,15H2,1-3H3. The Labute approximate surface area is 114 Å². The number of hydrogen-bond acceptors (Lipinski definition) is 4. The van der Waals surface area contributed by atoms with Crippen LogP contribution in [0.5, 0.6) is 0 Å². The number of hydrogen-bond donors (Lipinski definition) is 1. The maximum atomic E-state index is 12.5. The van der Waals surface area contributed by atoms with E-state index >= 15 is 0 Å². The van der Waals surface area contributed by atoms with Gasteiger partial charge in [0.2, 0.25) is 5.91 Å². The molecule has 1 aromatic heterocycles. The molecule has 0 saturated carbocycles. The molecule has 2 N–H and O–H groups in total. The summed E-state index contributed by atoms with van der Waals surface area (Å²) in [5.41, 5.74) is 7.73. The van der Waals surface area contributed by atoms with Gasteiger partial charge in [-0.25, -0.2) is 0 Å². The molecule has 1 aliphatic heterocycles. The highest BCUT2D eigenvalue weighted by Gasteiger charge is 2.29. The van der Waals surface area contributed by atoms with Crippen LogP contribution in [-0.2, 0) is 11.2 Å². The normalized spacial score (nSPS) is 21.5. The lowest BCUT2D eigenvalue weighted by Gasteiger charge is -2.38. The fraction of sp³-hybridized carbons (Fsp3) is 0.714. The fourth-order valence-electron chi connectivity index (χ4n) is 2.82. The van der Waals surface area contributed by atoms with Crippen LogP contribution in [0, 0.1) is 13.8 Å². The first-order chi connectivity index (χ1) is 9.00. The molecule has 2 rings (SSSR count). The van der Waals surface area contributed by atoms with E-state index in [0.29, 0.717) is 6.42 Å². The summed E-state index contributed by atoms with van der Waals surface area (Å²) < 4.78 is 5.11. The summed E-state index contributed by atoms with van der Waals surface area (Å²) in [4.78, 5) is 14.4. The summed E-state index contributed by atoms with van der Waals surface area (Å²) >= 11 is 0. The third kappa shape index (κ3) is 2.97. The Balaban J connectivity index is 2.10. The molecule has 0 spiro atoms. The number of carbonyl (C=O) groups excluding carboxylic acids is 1. The van der Waals surface area contributed by atoms with Gasteiger partial charge < -0.3 is 15.2 Å². The number of amides is 1. The highest BCUT2D eigenvalue weighted by Crippen LogP contribution is 2.21. The molecule has 0 aromatic carbocycles. The molecule has 1 aromatic rings. The Hall–Kier alpha value is -1.36. The van der Waals surface area contributed by atoms with Crippen LogP contribution < -0.4 is 5.73 Å². The van der Waals surface area contributed by atoms with Crippen molar-refractivity contribution < 1.29 is 9.32 Å². The number of aryl methyl sites for hydroxylation is 2. The lowest BCUT2D eigenvalue weighted by molar-refractivity contribution is -0.134. The van der Waals surface area contributed by atoms with Crippen LogP contribution >= 0.6 is 0 Å². The first kappa shape index (κ1) is 14.1. The zero-order valence-electron chi connectivity index (χ0n) is 12.0. The van der Waals surface area contributed by atoms with Crippen molar-refractivity contribution in [1.29, 1.82) is 0 Å². The molecular weight excluding hydrogens is 242 g/mol. The van der Waals surface area contributed by atoms with Gasteiger partial charge in [-0.2, -0.15) is 0 Å². The van der Waals surface area contributed by atoms with Crippen LogP contribution in [0.1, 0.15) is 43.2 Å². The third-order valence-corrected chi connectivity index (χ3v) is 3.99. The first-order valence-electron chi connectivity index (χ1n) is 6.97. The van der Waals surface area contributed by atoms with Gasteiger partial charge in [-0.1, -0.05) is 5.16 Å². The number of likely N-dealkylation sites (tertiary alicyclic amines) is 1. The summed E-state index contributed by atoms with van der Waals surface area (Å²) in [7, 11) is 0. The van der Waals surface area contributed by atoms with E-state index in [2.05, 4.69) is 5.16 Å². The molecule has 2 unspecified atom stereocenters. The molecular formula is C14H23N3O2. The smallest absolute Gasteiger partial charge is 0.227 e. The van der Waals surface area contributed by atoms with Gasteiger partial charge in [0.05, 0.1) is 12.1 Å². The van der Waals surface area contributed by atoms with Crippen molar-refractivity contribution in [3.63, 3.8) is 0 Å². The number of rotatable bonds is 3. The highest BCUT2D eigenvalue weighted by atomic mass is 16.5. The van der Waals surface area contributed by atoms with Gasteiger partial charge in [-0.15, -0.1) is 0 Å². The predicted octanol–water partition coefficient (Wildman–Crippen LogP) is 1.56. The molecule has 2 heterocycles. The summed E-state index contributed by atoms with van der Waals surface area (Å²) in [6.07, 6.45) is 3.59. The molecule has 106 valence electrons. The quantitative estimate of drug-likeness (QED) is 0.900. The molecule has 5 nitrogen and oxygen atoms in total. The van der Waals surface area contributed by atoms with Crippen molar-refractivity contribution in [2.24, 2.45) is 5.73 Å². The molecule has 2 atom stereocenters. The van der Waals surface area contributed by atoms with Crippen LogP contribution in [0.15, 0.2) is 4.52 Å². The van der Waals surface area contributed by atoms with E-state index in [9.17, 15) is 4.79 Å². The second-order valence-corrected chi connectivity index (χ2v) is 5.49. The van der Waals surface area contributed by atoms with Crippen molar-refractivity contribution >= 4 is 5.91 Å². The van der Waals surface area contributed by atoms with Crippen molar-refractivity contribution in [2.45, 2.75) is 58.5 Å². The van der Waals surface area contributed by atoms with E-state index in [1.54, 1.807) is 0 Å². The van der Waals surface area contributed by atoms with Crippen LogP contribution in [0.2, 0.25) is 0 Å². The van der Waals surface area contributed by atoms with Crippen LogP contribution in [0.4, 0.5) is 0 Å². The van der Waals surface area contributed by atoms with Gasteiger partial charge in [-0.05, 0) is 40.0 Å². The topological polar surface area (TPSA) is 72.4 Å². The number of aromatic nitrogens is 1. The molecule has 5 heteroatoms. The number of nitrogens with two attached hydrogens (primary N) is 1.